The number of aromatic nitrogens is 2. The maximum atomic E-state index is 12.8. The van der Waals surface area contributed by atoms with E-state index in [-0.39, 0.29) is 11.9 Å². The van der Waals surface area contributed by atoms with Crippen molar-refractivity contribution >= 4 is 23.2 Å². The summed E-state index contributed by atoms with van der Waals surface area (Å²) in [5.41, 5.74) is 6.85. The predicted molar refractivity (Wildman–Crippen MR) is 135 cm³/mol. The molecule has 0 bridgehead atoms. The molecule has 200 valence electrons. The number of nitrogens with zero attached hydrogens (tertiary/aromatic N) is 6. The standard InChI is InChI=1S/C24H27F2N9O3/c1-27-18-8-7-17(13-19(18)28-24(36)34-9-11-37-12-10-34)21-31-35(32-33(21)2)14-15-3-5-16(6-4-15)22-29-30-23(38-22)20(25)26/h3-8,13,20,27,32H,9-12,14H2,1-2H3,(H,28,36). The first-order valence-electron chi connectivity index (χ1n) is 11.9. The zero-order valence-electron chi connectivity index (χ0n) is 20.8. The second kappa shape index (κ2) is 11.0. The lowest BCUT2D eigenvalue weighted by molar-refractivity contribution is 0.0564. The third-order valence-corrected chi connectivity index (χ3v) is 6.05. The SMILES string of the molecule is CNc1ccc(C2=NN(Cc3ccc(-c4nnc(C(F)F)o4)cc3)NN2C)cc1NC(=O)N1CCOCC1. The summed E-state index contributed by atoms with van der Waals surface area (Å²) in [6.07, 6.45) is -2.81. The molecule has 1 saturated heterocycles. The van der Waals surface area contributed by atoms with Crippen LogP contribution in [0.5, 0.6) is 0 Å². The van der Waals surface area contributed by atoms with Gasteiger partial charge in [-0.15, -0.1) is 20.8 Å². The van der Waals surface area contributed by atoms with Gasteiger partial charge in [-0.3, -0.25) is 5.01 Å². The van der Waals surface area contributed by atoms with E-state index >= 15 is 0 Å². The number of halogens is 2. The Kier molecular flexibility index (Phi) is 7.33. The normalized spacial score (nSPS) is 15.7. The van der Waals surface area contributed by atoms with Crippen LogP contribution in [0.2, 0.25) is 0 Å². The van der Waals surface area contributed by atoms with Crippen LogP contribution < -0.4 is 16.2 Å². The quantitative estimate of drug-likeness (QED) is 0.425. The Hall–Kier alpha value is -4.30. The molecule has 1 fully saturated rings. The number of amides is 2. The Labute approximate surface area is 217 Å². The van der Waals surface area contributed by atoms with Crippen molar-refractivity contribution in [2.24, 2.45) is 5.10 Å². The van der Waals surface area contributed by atoms with Crippen molar-refractivity contribution in [2.45, 2.75) is 13.0 Å². The molecule has 14 heteroatoms. The summed E-state index contributed by atoms with van der Waals surface area (Å²) < 4.78 is 35.8. The third-order valence-electron chi connectivity index (χ3n) is 6.05. The van der Waals surface area contributed by atoms with Gasteiger partial charge in [-0.2, -0.15) is 8.78 Å². The minimum atomic E-state index is -2.81. The summed E-state index contributed by atoms with van der Waals surface area (Å²) in [7, 11) is 3.64. The van der Waals surface area contributed by atoms with E-state index < -0.39 is 12.3 Å². The zero-order valence-corrected chi connectivity index (χ0v) is 20.8. The van der Waals surface area contributed by atoms with Gasteiger partial charge in [0.15, 0.2) is 5.84 Å². The van der Waals surface area contributed by atoms with Crippen molar-refractivity contribution in [2.75, 3.05) is 51.0 Å². The molecule has 0 spiro atoms. The molecule has 0 aliphatic carbocycles. The highest BCUT2D eigenvalue weighted by molar-refractivity contribution is 6.02. The number of alkyl halides is 2. The Balaban J connectivity index is 1.28. The number of rotatable bonds is 7. The molecular formula is C24H27F2N9O3. The summed E-state index contributed by atoms with van der Waals surface area (Å²) in [6.45, 7) is 2.56. The number of ether oxygens (including phenoxy) is 1. The zero-order chi connectivity index (χ0) is 26.6. The van der Waals surface area contributed by atoms with E-state index in [9.17, 15) is 13.6 Å². The van der Waals surface area contributed by atoms with Gasteiger partial charge in [0.25, 0.3) is 5.89 Å². The van der Waals surface area contributed by atoms with Crippen LogP contribution in [0, 0.1) is 0 Å². The first-order valence-corrected chi connectivity index (χ1v) is 11.9. The van der Waals surface area contributed by atoms with E-state index in [1.807, 2.05) is 37.4 Å². The molecule has 0 unspecified atom stereocenters. The molecule has 0 atom stereocenters. The van der Waals surface area contributed by atoms with Crippen LogP contribution in [-0.4, -0.2) is 77.5 Å². The number of benzene rings is 2. The molecule has 2 aromatic carbocycles. The number of urea groups is 1. The predicted octanol–water partition coefficient (Wildman–Crippen LogP) is 3.11. The average molecular weight is 528 g/mol. The summed E-state index contributed by atoms with van der Waals surface area (Å²) in [5, 5.41) is 21.3. The molecule has 2 aliphatic rings. The topological polar surface area (TPSA) is 123 Å². The van der Waals surface area contributed by atoms with Gasteiger partial charge < -0.3 is 24.7 Å². The molecule has 3 aromatic rings. The molecule has 2 amide bonds. The van der Waals surface area contributed by atoms with Gasteiger partial charge in [-0.05, 0) is 35.9 Å². The van der Waals surface area contributed by atoms with E-state index in [1.54, 1.807) is 34.2 Å². The molecular weight excluding hydrogens is 500 g/mol. The lowest BCUT2D eigenvalue weighted by atomic mass is 10.1. The fraction of sp³-hybridized carbons (Fsp3) is 0.333. The van der Waals surface area contributed by atoms with Crippen LogP contribution in [0.1, 0.15) is 23.4 Å². The fourth-order valence-electron chi connectivity index (χ4n) is 4.08. The number of hydrazine groups is 2. The van der Waals surface area contributed by atoms with Crippen LogP contribution in [-0.2, 0) is 11.3 Å². The molecule has 5 rings (SSSR count). The van der Waals surface area contributed by atoms with Gasteiger partial charge in [0, 0.05) is 38.3 Å². The molecule has 1 aromatic heterocycles. The molecule has 3 heterocycles. The number of nitrogens with one attached hydrogen (secondary N) is 3. The summed E-state index contributed by atoms with van der Waals surface area (Å²) >= 11 is 0. The van der Waals surface area contributed by atoms with E-state index in [0.29, 0.717) is 49.9 Å². The molecule has 0 saturated carbocycles. The molecule has 0 radical (unpaired) electrons. The van der Waals surface area contributed by atoms with Crippen molar-refractivity contribution in [1.29, 1.82) is 0 Å². The second-order valence-electron chi connectivity index (χ2n) is 8.62. The largest absolute Gasteiger partial charge is 0.415 e. The second-order valence-corrected chi connectivity index (χ2v) is 8.62. The van der Waals surface area contributed by atoms with Gasteiger partial charge >= 0.3 is 12.5 Å². The van der Waals surface area contributed by atoms with Gasteiger partial charge in [0.1, 0.15) is 0 Å². The summed E-state index contributed by atoms with van der Waals surface area (Å²) in [5.74, 6) is -0.00827. The lowest BCUT2D eigenvalue weighted by Crippen LogP contribution is -2.43. The number of hydrogen-bond acceptors (Lipinski definition) is 10. The Morgan fingerprint density at radius 1 is 1.08 bits per heavy atom. The van der Waals surface area contributed by atoms with E-state index in [0.717, 1.165) is 16.8 Å². The Morgan fingerprint density at radius 2 is 1.82 bits per heavy atom. The summed E-state index contributed by atoms with van der Waals surface area (Å²) in [6, 6.07) is 12.6. The van der Waals surface area contributed by atoms with Gasteiger partial charge in [-0.1, -0.05) is 12.1 Å². The maximum Gasteiger partial charge on any atom is 0.322 e. The number of morpholine rings is 1. The monoisotopic (exact) mass is 527 g/mol. The van der Waals surface area contributed by atoms with Crippen LogP contribution in [0.25, 0.3) is 11.5 Å². The van der Waals surface area contributed by atoms with E-state index in [1.165, 1.54) is 0 Å². The first kappa shape index (κ1) is 25.4. The first-order chi connectivity index (χ1) is 18.4. The molecule has 12 nitrogen and oxygen atoms in total. The average Bonchev–Trinajstić information content (AvgIpc) is 3.57. The highest BCUT2D eigenvalue weighted by Crippen LogP contribution is 2.26. The molecule has 3 N–H and O–H groups in total. The third kappa shape index (κ3) is 5.50. The van der Waals surface area contributed by atoms with Crippen molar-refractivity contribution in [3.63, 3.8) is 0 Å². The highest BCUT2D eigenvalue weighted by Gasteiger charge is 2.23. The lowest BCUT2D eigenvalue weighted by Gasteiger charge is -2.27. The number of hydrogen-bond donors (Lipinski definition) is 3. The number of hydrazone groups is 1. The molecule has 38 heavy (non-hydrogen) atoms. The van der Waals surface area contributed by atoms with Gasteiger partial charge in [-0.25, -0.2) is 9.91 Å². The minimum absolute atomic E-state index is 0.0349. The van der Waals surface area contributed by atoms with Crippen LogP contribution >= 0.6 is 0 Å². The van der Waals surface area contributed by atoms with E-state index in [4.69, 9.17) is 9.15 Å². The van der Waals surface area contributed by atoms with Crippen LogP contribution in [0.3, 0.4) is 0 Å². The van der Waals surface area contributed by atoms with Crippen LogP contribution in [0.4, 0.5) is 25.0 Å². The number of amidine groups is 1. The summed E-state index contributed by atoms with van der Waals surface area (Å²) in [4.78, 5) is 14.5. The fourth-order valence-corrected chi connectivity index (χ4v) is 4.08. The van der Waals surface area contributed by atoms with E-state index in [2.05, 4.69) is 31.5 Å². The van der Waals surface area contributed by atoms with Gasteiger partial charge in [0.05, 0.1) is 31.1 Å². The van der Waals surface area contributed by atoms with Gasteiger partial charge in [0.2, 0.25) is 5.89 Å². The highest BCUT2D eigenvalue weighted by atomic mass is 19.3. The Bertz CT molecular complexity index is 1310. The number of carbonyl (C=O) groups excluding carboxylic acids is 1. The minimum Gasteiger partial charge on any atom is -0.415 e. The van der Waals surface area contributed by atoms with Crippen molar-refractivity contribution in [3.05, 3.63) is 59.5 Å². The molecule has 2 aliphatic heterocycles. The van der Waals surface area contributed by atoms with Crippen molar-refractivity contribution in [3.8, 4) is 11.5 Å². The number of anilines is 2. The van der Waals surface area contributed by atoms with Crippen molar-refractivity contribution < 1.29 is 22.7 Å². The van der Waals surface area contributed by atoms with Crippen LogP contribution in [0.15, 0.2) is 52.0 Å². The maximum absolute atomic E-state index is 12.8. The van der Waals surface area contributed by atoms with Crippen molar-refractivity contribution in [1.82, 2.24) is 30.8 Å². The Morgan fingerprint density at radius 3 is 2.50 bits per heavy atom. The smallest absolute Gasteiger partial charge is 0.322 e. The number of carbonyl (C=O) groups is 1.